The lowest BCUT2D eigenvalue weighted by molar-refractivity contribution is -0.137. The van der Waals surface area contributed by atoms with Crippen molar-refractivity contribution in [3.8, 4) is 0 Å². The van der Waals surface area contributed by atoms with Crippen molar-refractivity contribution in [2.45, 2.75) is 32.6 Å². The summed E-state index contributed by atoms with van der Waals surface area (Å²) < 4.78 is 40.5. The van der Waals surface area contributed by atoms with E-state index < -0.39 is 11.7 Å². The minimum absolute atomic E-state index is 0.139. The molecule has 0 saturated heterocycles. The van der Waals surface area contributed by atoms with Gasteiger partial charge >= 0.3 is 6.18 Å². The summed E-state index contributed by atoms with van der Waals surface area (Å²) in [7, 11) is 1.87. The molecule has 0 aliphatic rings. The van der Waals surface area contributed by atoms with Crippen molar-refractivity contribution < 1.29 is 13.2 Å². The topological polar surface area (TPSA) is 67.1 Å². The van der Waals surface area contributed by atoms with Crippen LogP contribution in [0.2, 0.25) is 0 Å². The fourth-order valence-electron chi connectivity index (χ4n) is 2.38. The van der Waals surface area contributed by atoms with E-state index in [1.807, 2.05) is 24.8 Å². The summed E-state index contributed by atoms with van der Waals surface area (Å²) in [5, 5.41) is 14.5. The molecule has 10 heteroatoms. The molecule has 0 unspecified atom stereocenters. The van der Waals surface area contributed by atoms with E-state index in [9.17, 15) is 13.2 Å². The number of alkyl halides is 3. The molecule has 28 heavy (non-hydrogen) atoms. The Bertz CT molecular complexity index is 788. The summed E-state index contributed by atoms with van der Waals surface area (Å²) >= 11 is 1.75. The number of halogens is 3. The summed E-state index contributed by atoms with van der Waals surface area (Å²) in [4.78, 5) is 4.43. The molecular formula is C18H25F3N6S. The first-order chi connectivity index (χ1) is 13.3. The number of aromatic nitrogens is 3. The van der Waals surface area contributed by atoms with Crippen molar-refractivity contribution in [3.05, 3.63) is 47.0 Å². The van der Waals surface area contributed by atoms with Gasteiger partial charge in [0.2, 0.25) is 0 Å². The molecule has 0 fully saturated rings. The molecule has 0 bridgehead atoms. The summed E-state index contributed by atoms with van der Waals surface area (Å²) in [5.74, 6) is 3.08. The lowest BCUT2D eigenvalue weighted by Gasteiger charge is -2.13. The highest BCUT2D eigenvalue weighted by molar-refractivity contribution is 7.98. The number of nitrogens with one attached hydrogen (secondary N) is 2. The van der Waals surface area contributed by atoms with E-state index in [1.54, 1.807) is 17.8 Å². The quantitative estimate of drug-likeness (QED) is 0.395. The number of thioether (sulfide) groups is 1. The van der Waals surface area contributed by atoms with Crippen LogP contribution in [-0.2, 0) is 26.3 Å². The molecule has 1 heterocycles. The molecule has 0 spiro atoms. The van der Waals surface area contributed by atoms with E-state index in [0.717, 1.165) is 36.0 Å². The highest BCUT2D eigenvalue weighted by atomic mass is 32.2. The molecule has 2 N–H and O–H groups in total. The fourth-order valence-corrected chi connectivity index (χ4v) is 2.81. The van der Waals surface area contributed by atoms with Gasteiger partial charge in [0.25, 0.3) is 0 Å². The average molecular weight is 415 g/mol. The third kappa shape index (κ3) is 6.74. The summed E-state index contributed by atoms with van der Waals surface area (Å²) in [6.07, 6.45) is -1.37. The van der Waals surface area contributed by atoms with Crippen LogP contribution in [0.15, 0.2) is 29.3 Å². The van der Waals surface area contributed by atoms with Gasteiger partial charge < -0.3 is 15.2 Å². The van der Waals surface area contributed by atoms with E-state index in [1.165, 1.54) is 6.07 Å². The number of hydrogen-bond acceptors (Lipinski definition) is 4. The number of aliphatic imine (C=N–C) groups is 1. The van der Waals surface area contributed by atoms with Crippen LogP contribution in [-0.4, -0.2) is 39.3 Å². The zero-order chi connectivity index (χ0) is 20.6. The van der Waals surface area contributed by atoms with Gasteiger partial charge in [-0.15, -0.1) is 10.2 Å². The number of rotatable bonds is 8. The molecule has 0 saturated carbocycles. The maximum atomic E-state index is 12.9. The molecule has 0 aliphatic heterocycles. The molecule has 1 aromatic heterocycles. The van der Waals surface area contributed by atoms with Crippen LogP contribution >= 0.6 is 11.8 Å². The van der Waals surface area contributed by atoms with E-state index >= 15 is 0 Å². The Labute approximate surface area is 167 Å². The Balaban J connectivity index is 2.05. The zero-order valence-electron chi connectivity index (χ0n) is 16.2. The number of hydrogen-bond donors (Lipinski definition) is 2. The standard InChI is InChI=1S/C18H25F3N6S/c1-13-25-26-16(27(13)2)12-24-17(22-8-5-9-28-3)23-11-14-6-4-7-15(10-14)18(19,20)21/h4,6-7,10H,5,8-9,11-12H2,1-3H3,(H2,22,23,24). The van der Waals surface area contributed by atoms with Crippen LogP contribution in [0.4, 0.5) is 13.2 Å². The molecule has 2 aromatic rings. The normalized spacial score (nSPS) is 12.3. The molecule has 1 aromatic carbocycles. The minimum atomic E-state index is -4.36. The molecule has 2 rings (SSSR count). The maximum Gasteiger partial charge on any atom is 0.416 e. The fraction of sp³-hybridized carbons (Fsp3) is 0.500. The Morgan fingerprint density at radius 2 is 2.04 bits per heavy atom. The summed E-state index contributed by atoms with van der Waals surface area (Å²) in [6.45, 7) is 3.13. The van der Waals surface area contributed by atoms with Gasteiger partial charge in [0.15, 0.2) is 11.8 Å². The second kappa shape index (κ2) is 10.4. The Morgan fingerprint density at radius 3 is 2.68 bits per heavy atom. The number of nitrogens with zero attached hydrogens (tertiary/aromatic N) is 4. The van der Waals surface area contributed by atoms with Crippen LogP contribution in [0.25, 0.3) is 0 Å². The third-order valence-corrected chi connectivity index (χ3v) is 4.79. The van der Waals surface area contributed by atoms with Crippen molar-refractivity contribution in [1.82, 2.24) is 25.4 Å². The van der Waals surface area contributed by atoms with Crippen LogP contribution < -0.4 is 10.6 Å². The molecule has 0 aliphatic carbocycles. The van der Waals surface area contributed by atoms with Crippen molar-refractivity contribution in [3.63, 3.8) is 0 Å². The maximum absolute atomic E-state index is 12.9. The van der Waals surface area contributed by atoms with Gasteiger partial charge in [-0.05, 0) is 43.0 Å². The van der Waals surface area contributed by atoms with Gasteiger partial charge in [0.1, 0.15) is 5.82 Å². The highest BCUT2D eigenvalue weighted by Crippen LogP contribution is 2.29. The second-order valence-electron chi connectivity index (χ2n) is 6.21. The van der Waals surface area contributed by atoms with Gasteiger partial charge in [-0.1, -0.05) is 12.1 Å². The van der Waals surface area contributed by atoms with Gasteiger partial charge in [-0.3, -0.25) is 0 Å². The molecule has 0 atom stereocenters. The molecule has 0 radical (unpaired) electrons. The van der Waals surface area contributed by atoms with Crippen LogP contribution in [0.1, 0.15) is 29.2 Å². The van der Waals surface area contributed by atoms with Crippen molar-refractivity contribution >= 4 is 17.7 Å². The molecular weight excluding hydrogens is 389 g/mol. The van der Waals surface area contributed by atoms with Gasteiger partial charge in [0, 0.05) is 13.6 Å². The Kier molecular flexibility index (Phi) is 8.16. The monoisotopic (exact) mass is 414 g/mol. The van der Waals surface area contributed by atoms with Gasteiger partial charge in [-0.25, -0.2) is 4.99 Å². The summed E-state index contributed by atoms with van der Waals surface area (Å²) in [6, 6.07) is 5.22. The molecule has 154 valence electrons. The van der Waals surface area contributed by atoms with E-state index in [-0.39, 0.29) is 6.54 Å². The van der Waals surface area contributed by atoms with Gasteiger partial charge in [0.05, 0.1) is 18.7 Å². The Morgan fingerprint density at radius 1 is 1.25 bits per heavy atom. The summed E-state index contributed by atoms with van der Waals surface area (Å²) in [5.41, 5.74) is -0.174. The van der Waals surface area contributed by atoms with Crippen LogP contribution in [0, 0.1) is 6.92 Å². The minimum Gasteiger partial charge on any atom is -0.356 e. The number of guanidine groups is 1. The highest BCUT2D eigenvalue weighted by Gasteiger charge is 2.30. The van der Waals surface area contributed by atoms with Crippen molar-refractivity contribution in [2.24, 2.45) is 12.0 Å². The molecule has 6 nitrogen and oxygen atoms in total. The van der Waals surface area contributed by atoms with Crippen LogP contribution in [0.5, 0.6) is 0 Å². The average Bonchev–Trinajstić information content (AvgIpc) is 2.98. The van der Waals surface area contributed by atoms with Crippen molar-refractivity contribution in [1.29, 1.82) is 0 Å². The van der Waals surface area contributed by atoms with E-state index in [2.05, 4.69) is 25.8 Å². The largest absolute Gasteiger partial charge is 0.416 e. The zero-order valence-corrected chi connectivity index (χ0v) is 17.0. The smallest absolute Gasteiger partial charge is 0.356 e. The lowest BCUT2D eigenvalue weighted by atomic mass is 10.1. The number of benzene rings is 1. The van der Waals surface area contributed by atoms with E-state index in [4.69, 9.17) is 0 Å². The van der Waals surface area contributed by atoms with Crippen molar-refractivity contribution in [2.75, 3.05) is 18.6 Å². The van der Waals surface area contributed by atoms with Gasteiger partial charge in [-0.2, -0.15) is 24.9 Å². The van der Waals surface area contributed by atoms with Crippen LogP contribution in [0.3, 0.4) is 0 Å². The SMILES string of the molecule is CSCCCNC(=NCc1cccc(C(F)(F)F)c1)NCc1nnc(C)n1C. The van der Waals surface area contributed by atoms with E-state index in [0.29, 0.717) is 24.6 Å². The first-order valence-electron chi connectivity index (χ1n) is 8.83. The lowest BCUT2D eigenvalue weighted by Crippen LogP contribution is -2.38. The second-order valence-corrected chi connectivity index (χ2v) is 7.20. The first kappa shape index (κ1) is 22.1. The first-order valence-corrected chi connectivity index (χ1v) is 10.2. The predicted octanol–water partition coefficient (Wildman–Crippen LogP) is 3.13. The molecule has 0 amide bonds. The Hall–Kier alpha value is -2.23. The number of aryl methyl sites for hydroxylation is 1. The predicted molar refractivity (Wildman–Crippen MR) is 106 cm³/mol. The third-order valence-electron chi connectivity index (χ3n) is 4.09.